The van der Waals surface area contributed by atoms with Gasteiger partial charge in [0.05, 0.1) is 0 Å². The van der Waals surface area contributed by atoms with Crippen molar-refractivity contribution >= 4 is 0 Å². The molecule has 0 radical (unpaired) electrons. The normalized spacial score (nSPS) is 10.0. The van der Waals surface area contributed by atoms with Gasteiger partial charge in [-0.3, -0.25) is 0 Å². The molecule has 3 rings (SSSR count). The molecule has 1 heteroatoms. The first-order chi connectivity index (χ1) is 9.72. The lowest BCUT2D eigenvalue weighted by Gasteiger charge is -2.06. The van der Waals surface area contributed by atoms with Gasteiger partial charge in [-0.15, -0.1) is 0 Å². The second kappa shape index (κ2) is 6.38. The summed E-state index contributed by atoms with van der Waals surface area (Å²) in [6.07, 6.45) is 0. The van der Waals surface area contributed by atoms with Gasteiger partial charge in [0, 0.05) is 0 Å². The second-order valence-corrected chi connectivity index (χ2v) is 5.31. The Morgan fingerprint density at radius 2 is 0.571 bits per heavy atom. The van der Waals surface area contributed by atoms with E-state index in [1.807, 2.05) is 0 Å². The molecule has 3 aromatic rings. The summed E-state index contributed by atoms with van der Waals surface area (Å²) in [6.45, 7) is 4.23. The fraction of sp³-hybridized carbons (Fsp3) is 0.100. The van der Waals surface area contributed by atoms with Crippen molar-refractivity contribution in [1.29, 1.82) is 0 Å². The number of hydrogen-bond donors (Lipinski definition) is 1. The van der Waals surface area contributed by atoms with E-state index in [1.165, 1.54) is 33.4 Å². The van der Waals surface area contributed by atoms with E-state index in [0.717, 1.165) is 0 Å². The zero-order valence-corrected chi connectivity index (χ0v) is 12.6. The summed E-state index contributed by atoms with van der Waals surface area (Å²) in [5, 5.41) is 0. The highest BCUT2D eigenvalue weighted by molar-refractivity contribution is 5.70. The summed E-state index contributed by atoms with van der Waals surface area (Å²) >= 11 is 0. The van der Waals surface area contributed by atoms with E-state index in [0.29, 0.717) is 0 Å². The summed E-state index contributed by atoms with van der Waals surface area (Å²) in [5.74, 6) is 0. The Morgan fingerprint density at radius 1 is 0.381 bits per heavy atom. The molecule has 0 saturated carbocycles. The maximum Gasteiger partial charge on any atom is -0.0184 e. The Labute approximate surface area is 126 Å². The third kappa shape index (κ3) is 3.39. The molecule has 0 saturated heterocycles. The molecule has 0 bridgehead atoms. The van der Waals surface area contributed by atoms with Crippen molar-refractivity contribution in [3.05, 3.63) is 83.9 Å². The monoisotopic (exact) mass is 275 g/mol. The summed E-state index contributed by atoms with van der Waals surface area (Å²) in [6, 6.07) is 26.1. The van der Waals surface area contributed by atoms with E-state index in [4.69, 9.17) is 0 Å². The number of aryl methyl sites for hydroxylation is 2. The maximum atomic E-state index is 2.19. The Kier molecular flexibility index (Phi) is 4.56. The minimum Gasteiger partial charge on any atom is -0.344 e. The Bertz CT molecular complexity index is 628. The third-order valence-corrected chi connectivity index (χ3v) is 3.65. The molecule has 106 valence electrons. The lowest BCUT2D eigenvalue weighted by Crippen LogP contribution is -1.81. The van der Waals surface area contributed by atoms with Gasteiger partial charge in [-0.1, -0.05) is 83.9 Å². The quantitative estimate of drug-likeness (QED) is 0.630. The highest BCUT2D eigenvalue weighted by atomic mass is 14.0. The second-order valence-electron chi connectivity index (χ2n) is 5.31. The average molecular weight is 275 g/mol. The highest BCUT2D eigenvalue weighted by Gasteiger charge is 2.00. The van der Waals surface area contributed by atoms with E-state index >= 15 is 0 Å². The molecule has 0 aliphatic carbocycles. The first kappa shape index (κ1) is 15.0. The number of benzene rings is 3. The van der Waals surface area contributed by atoms with Crippen molar-refractivity contribution in [2.24, 2.45) is 0 Å². The first-order valence-corrected chi connectivity index (χ1v) is 6.96. The fourth-order valence-electron chi connectivity index (χ4n) is 2.35. The van der Waals surface area contributed by atoms with Crippen molar-refractivity contribution in [2.45, 2.75) is 13.8 Å². The van der Waals surface area contributed by atoms with E-state index in [2.05, 4.69) is 86.6 Å². The lowest BCUT2D eigenvalue weighted by atomic mass is 9.99. The largest absolute Gasteiger partial charge is 0.344 e. The molecule has 1 nitrogen and oxygen atoms in total. The van der Waals surface area contributed by atoms with Crippen LogP contribution in [0.1, 0.15) is 11.1 Å². The van der Waals surface area contributed by atoms with Gasteiger partial charge in [-0.05, 0) is 36.1 Å². The van der Waals surface area contributed by atoms with Crippen molar-refractivity contribution in [3.8, 4) is 22.3 Å². The van der Waals surface area contributed by atoms with Crippen molar-refractivity contribution in [3.63, 3.8) is 0 Å². The molecule has 3 N–H and O–H groups in total. The summed E-state index contributed by atoms with van der Waals surface area (Å²) < 4.78 is 0. The number of rotatable bonds is 2. The number of hydrogen-bond acceptors (Lipinski definition) is 1. The van der Waals surface area contributed by atoms with Crippen LogP contribution in [0, 0.1) is 13.8 Å². The molecule has 0 unspecified atom stereocenters. The Hall–Kier alpha value is -2.38. The zero-order valence-electron chi connectivity index (χ0n) is 12.6. The van der Waals surface area contributed by atoms with Crippen LogP contribution in [0.5, 0.6) is 0 Å². The SMILES string of the molecule is Cc1ccc(-c2ccc(-c3ccc(C)cc3)cc2)cc1.N. The summed E-state index contributed by atoms with van der Waals surface area (Å²) in [5.41, 5.74) is 7.66. The van der Waals surface area contributed by atoms with Crippen LogP contribution >= 0.6 is 0 Å². The van der Waals surface area contributed by atoms with Crippen molar-refractivity contribution in [2.75, 3.05) is 0 Å². The van der Waals surface area contributed by atoms with Crippen LogP contribution < -0.4 is 6.15 Å². The van der Waals surface area contributed by atoms with E-state index in [-0.39, 0.29) is 6.15 Å². The van der Waals surface area contributed by atoms with E-state index in [9.17, 15) is 0 Å². The topological polar surface area (TPSA) is 35.0 Å². The molecule has 0 atom stereocenters. The van der Waals surface area contributed by atoms with Gasteiger partial charge in [-0.2, -0.15) is 0 Å². The molecule has 0 aliphatic heterocycles. The van der Waals surface area contributed by atoms with Crippen LogP contribution in [0.15, 0.2) is 72.8 Å². The van der Waals surface area contributed by atoms with Gasteiger partial charge in [-0.25, -0.2) is 0 Å². The molecule has 21 heavy (non-hydrogen) atoms. The summed E-state index contributed by atoms with van der Waals surface area (Å²) in [4.78, 5) is 0. The van der Waals surface area contributed by atoms with Gasteiger partial charge in [0.25, 0.3) is 0 Å². The molecule has 0 aromatic heterocycles. The molecular formula is C20H21N. The average Bonchev–Trinajstić information content (AvgIpc) is 2.49. The van der Waals surface area contributed by atoms with Gasteiger partial charge >= 0.3 is 0 Å². The standard InChI is InChI=1S/C20H18.H3N/c1-15-3-7-17(8-4-15)19-11-13-20(14-12-19)18-9-5-16(2)6-10-18;/h3-14H,1-2H3;1H3. The van der Waals surface area contributed by atoms with Gasteiger partial charge < -0.3 is 6.15 Å². The summed E-state index contributed by atoms with van der Waals surface area (Å²) in [7, 11) is 0. The van der Waals surface area contributed by atoms with Crippen LogP contribution in [-0.4, -0.2) is 0 Å². The molecule has 0 spiro atoms. The smallest absolute Gasteiger partial charge is 0.0184 e. The molecule has 0 amide bonds. The van der Waals surface area contributed by atoms with Gasteiger partial charge in [0.1, 0.15) is 0 Å². The molecule has 3 aromatic carbocycles. The molecule has 0 fully saturated rings. The Balaban J connectivity index is 0.00000161. The first-order valence-electron chi connectivity index (χ1n) is 6.96. The Morgan fingerprint density at radius 3 is 0.810 bits per heavy atom. The molecular weight excluding hydrogens is 254 g/mol. The van der Waals surface area contributed by atoms with Crippen molar-refractivity contribution in [1.82, 2.24) is 6.15 Å². The zero-order chi connectivity index (χ0) is 13.9. The van der Waals surface area contributed by atoms with Crippen molar-refractivity contribution < 1.29 is 0 Å². The van der Waals surface area contributed by atoms with Crippen LogP contribution in [0.4, 0.5) is 0 Å². The highest BCUT2D eigenvalue weighted by Crippen LogP contribution is 2.25. The van der Waals surface area contributed by atoms with E-state index in [1.54, 1.807) is 0 Å². The fourth-order valence-corrected chi connectivity index (χ4v) is 2.35. The molecule has 0 heterocycles. The van der Waals surface area contributed by atoms with Crippen LogP contribution in [0.2, 0.25) is 0 Å². The van der Waals surface area contributed by atoms with Crippen LogP contribution in [-0.2, 0) is 0 Å². The molecule has 0 aliphatic rings. The van der Waals surface area contributed by atoms with Crippen LogP contribution in [0.25, 0.3) is 22.3 Å². The minimum atomic E-state index is 0. The minimum absolute atomic E-state index is 0. The predicted octanol–water partition coefficient (Wildman–Crippen LogP) is 5.80. The van der Waals surface area contributed by atoms with Gasteiger partial charge in [0.15, 0.2) is 0 Å². The third-order valence-electron chi connectivity index (χ3n) is 3.65. The van der Waals surface area contributed by atoms with Gasteiger partial charge in [0.2, 0.25) is 0 Å². The van der Waals surface area contributed by atoms with Crippen LogP contribution in [0.3, 0.4) is 0 Å². The van der Waals surface area contributed by atoms with E-state index < -0.39 is 0 Å². The predicted molar refractivity (Wildman–Crippen MR) is 91.8 cm³/mol. The maximum absolute atomic E-state index is 2.19. The lowest BCUT2D eigenvalue weighted by molar-refractivity contribution is 1.46.